The second kappa shape index (κ2) is 11.5. The maximum Gasteiger partial charge on any atom is 0.421 e. The van der Waals surface area contributed by atoms with Crippen LogP contribution >= 0.6 is 12.2 Å². The van der Waals surface area contributed by atoms with Gasteiger partial charge in [0.25, 0.3) is 10.0 Å². The van der Waals surface area contributed by atoms with Gasteiger partial charge in [0.15, 0.2) is 0 Å². The lowest BCUT2D eigenvalue weighted by molar-refractivity contribution is 0.158. The molecule has 0 fully saturated rings. The zero-order valence-corrected chi connectivity index (χ0v) is 21.8. The Balaban J connectivity index is 1.92. The Kier molecular flexibility index (Phi) is 8.63. The van der Waals surface area contributed by atoms with Gasteiger partial charge in [-0.1, -0.05) is 49.4 Å². The summed E-state index contributed by atoms with van der Waals surface area (Å²) in [7, 11) is -4.11. The monoisotopic (exact) mass is 515 g/mol. The molecule has 0 saturated heterocycles. The molecule has 0 bridgehead atoms. The number of nitrogens with zero attached hydrogens (tertiary/aromatic N) is 2. The number of rotatable bonds is 9. The van der Waals surface area contributed by atoms with Crippen LogP contribution in [0.4, 0.5) is 4.79 Å². The van der Waals surface area contributed by atoms with E-state index in [1.165, 1.54) is 6.07 Å². The van der Waals surface area contributed by atoms with Crippen LogP contribution in [0.1, 0.15) is 43.5 Å². The van der Waals surface area contributed by atoms with Gasteiger partial charge >= 0.3 is 6.09 Å². The van der Waals surface area contributed by atoms with Gasteiger partial charge in [-0.15, -0.1) is 0 Å². The Hall–Kier alpha value is -3.24. The summed E-state index contributed by atoms with van der Waals surface area (Å²) in [4.78, 5) is 16.4. The standard InChI is InChI=1S/C25H29N3O5S2/c1-5-22-26-17(4)23(24(34)32-6-2)28(22)16-18-12-14-19(15-13-18)20-10-8-9-11-21(20)35(30,31)27-25(29)33-7-3/h8-15H,5-7,16H2,1-4H3,(H,27,29). The maximum atomic E-state index is 12.8. The summed E-state index contributed by atoms with van der Waals surface area (Å²) in [6, 6.07) is 14.1. The lowest BCUT2D eigenvalue weighted by atomic mass is 10.0. The first-order valence-corrected chi connectivity index (χ1v) is 13.2. The van der Waals surface area contributed by atoms with Crippen molar-refractivity contribution in [1.29, 1.82) is 0 Å². The Morgan fingerprint density at radius 3 is 2.31 bits per heavy atom. The van der Waals surface area contributed by atoms with E-state index >= 15 is 0 Å². The third-order valence-corrected chi connectivity index (χ3v) is 6.96. The van der Waals surface area contributed by atoms with Crippen molar-refractivity contribution in [2.24, 2.45) is 0 Å². The zero-order valence-electron chi connectivity index (χ0n) is 20.2. The van der Waals surface area contributed by atoms with E-state index in [1.54, 1.807) is 25.1 Å². The van der Waals surface area contributed by atoms with Gasteiger partial charge in [0, 0.05) is 18.5 Å². The van der Waals surface area contributed by atoms with Crippen molar-refractivity contribution in [3.05, 3.63) is 71.3 Å². The van der Waals surface area contributed by atoms with E-state index in [4.69, 9.17) is 21.7 Å². The van der Waals surface area contributed by atoms with Crippen LogP contribution in [0.5, 0.6) is 0 Å². The van der Waals surface area contributed by atoms with Crippen molar-refractivity contribution in [2.45, 2.75) is 45.6 Å². The van der Waals surface area contributed by atoms with Crippen molar-refractivity contribution in [2.75, 3.05) is 13.2 Å². The largest absolute Gasteiger partial charge is 0.482 e. The number of benzene rings is 2. The van der Waals surface area contributed by atoms with Gasteiger partial charge in [-0.25, -0.2) is 22.9 Å². The molecule has 35 heavy (non-hydrogen) atoms. The summed E-state index contributed by atoms with van der Waals surface area (Å²) >= 11 is 5.47. The molecule has 0 unspecified atom stereocenters. The SMILES string of the molecule is CCOC(=O)NS(=O)(=O)c1ccccc1-c1ccc(Cn2c(CC)nc(C)c2C(=S)OCC)cc1. The first kappa shape index (κ1) is 26.4. The highest BCUT2D eigenvalue weighted by atomic mass is 32.2. The molecule has 0 aliphatic rings. The van der Waals surface area contributed by atoms with Gasteiger partial charge < -0.3 is 14.0 Å². The number of aryl methyl sites for hydroxylation is 2. The molecule has 1 N–H and O–H groups in total. The molecule has 0 atom stereocenters. The molecule has 8 nitrogen and oxygen atoms in total. The smallest absolute Gasteiger partial charge is 0.421 e. The van der Waals surface area contributed by atoms with E-state index in [-0.39, 0.29) is 11.5 Å². The van der Waals surface area contributed by atoms with E-state index in [0.29, 0.717) is 29.3 Å². The van der Waals surface area contributed by atoms with E-state index in [1.807, 2.05) is 49.8 Å². The average molecular weight is 516 g/mol. The molecule has 0 aliphatic carbocycles. The molecular formula is C25H29N3O5S2. The first-order valence-electron chi connectivity index (χ1n) is 11.3. The van der Waals surface area contributed by atoms with Crippen molar-refractivity contribution >= 4 is 33.4 Å². The molecule has 0 saturated carbocycles. The number of aromatic nitrogens is 2. The summed E-state index contributed by atoms with van der Waals surface area (Å²) in [6.07, 6.45) is -0.271. The van der Waals surface area contributed by atoms with Crippen LogP contribution < -0.4 is 4.72 Å². The number of sulfonamides is 1. The Morgan fingerprint density at radius 2 is 1.69 bits per heavy atom. The van der Waals surface area contributed by atoms with Crippen LogP contribution in [-0.4, -0.2) is 42.3 Å². The number of ether oxygens (including phenoxy) is 2. The first-order chi connectivity index (χ1) is 16.7. The third kappa shape index (κ3) is 6.07. The van der Waals surface area contributed by atoms with Crippen molar-refractivity contribution < 1.29 is 22.7 Å². The van der Waals surface area contributed by atoms with Gasteiger partial charge in [0.05, 0.1) is 23.8 Å². The minimum absolute atomic E-state index is 0.0105. The second-order valence-corrected chi connectivity index (χ2v) is 9.66. The van der Waals surface area contributed by atoms with E-state index in [0.717, 1.165) is 29.2 Å². The van der Waals surface area contributed by atoms with Crippen LogP contribution in [0.3, 0.4) is 0 Å². The minimum Gasteiger partial charge on any atom is -0.482 e. The fourth-order valence-corrected chi connectivity index (χ4v) is 5.26. The summed E-state index contributed by atoms with van der Waals surface area (Å²) < 4.78 is 39.9. The predicted octanol–water partition coefficient (Wildman–Crippen LogP) is 4.62. The van der Waals surface area contributed by atoms with Crippen molar-refractivity contribution in [3.63, 3.8) is 0 Å². The number of hydrogen-bond acceptors (Lipinski definition) is 7. The molecule has 1 heterocycles. The fourth-order valence-electron chi connectivity index (χ4n) is 3.77. The molecule has 0 radical (unpaired) electrons. The van der Waals surface area contributed by atoms with Crippen molar-refractivity contribution in [3.8, 4) is 11.1 Å². The molecule has 186 valence electrons. The number of carbonyl (C=O) groups excluding carboxylic acids is 1. The average Bonchev–Trinajstić information content (AvgIpc) is 3.14. The molecule has 0 aliphatic heterocycles. The second-order valence-electron chi connectivity index (χ2n) is 7.64. The molecule has 10 heteroatoms. The maximum absolute atomic E-state index is 12.8. The highest BCUT2D eigenvalue weighted by Crippen LogP contribution is 2.28. The van der Waals surface area contributed by atoms with Crippen molar-refractivity contribution in [1.82, 2.24) is 14.3 Å². The van der Waals surface area contributed by atoms with E-state index in [9.17, 15) is 13.2 Å². The number of hydrogen-bond donors (Lipinski definition) is 1. The molecule has 3 rings (SSSR count). The number of thiocarbonyl (C=S) groups is 1. The minimum atomic E-state index is -4.11. The lowest BCUT2D eigenvalue weighted by Crippen LogP contribution is -2.31. The van der Waals surface area contributed by atoms with Crippen LogP contribution in [0.2, 0.25) is 0 Å². The molecule has 0 spiro atoms. The predicted molar refractivity (Wildman–Crippen MR) is 138 cm³/mol. The third-order valence-electron chi connectivity index (χ3n) is 5.28. The summed E-state index contributed by atoms with van der Waals surface area (Å²) in [5.74, 6) is 0.908. The number of imidazole rings is 1. The summed E-state index contributed by atoms with van der Waals surface area (Å²) in [5, 5.41) is 0.419. The zero-order chi connectivity index (χ0) is 25.6. The molecule has 3 aromatic rings. The van der Waals surface area contributed by atoms with Crippen LogP contribution in [0.25, 0.3) is 11.1 Å². The number of carbonyl (C=O) groups is 1. The molecular weight excluding hydrogens is 486 g/mol. The van der Waals surface area contributed by atoms with Crippen LogP contribution in [-0.2, 0) is 32.5 Å². The fraction of sp³-hybridized carbons (Fsp3) is 0.320. The topological polar surface area (TPSA) is 99.5 Å². The van der Waals surface area contributed by atoms with Crippen LogP contribution in [0, 0.1) is 6.92 Å². The Morgan fingerprint density at radius 1 is 1.03 bits per heavy atom. The number of amides is 1. The normalized spacial score (nSPS) is 11.2. The van der Waals surface area contributed by atoms with Gasteiger partial charge in [0.2, 0.25) is 5.05 Å². The van der Waals surface area contributed by atoms with Gasteiger partial charge in [-0.05, 0) is 50.2 Å². The van der Waals surface area contributed by atoms with Crippen LogP contribution in [0.15, 0.2) is 53.4 Å². The lowest BCUT2D eigenvalue weighted by Gasteiger charge is -2.14. The Bertz CT molecular complexity index is 1320. The number of nitrogens with one attached hydrogen (secondary N) is 1. The molecule has 1 aromatic heterocycles. The van der Waals surface area contributed by atoms with Gasteiger partial charge in [-0.3, -0.25) is 0 Å². The van der Waals surface area contributed by atoms with Gasteiger partial charge in [-0.2, -0.15) is 0 Å². The highest BCUT2D eigenvalue weighted by molar-refractivity contribution is 7.90. The van der Waals surface area contributed by atoms with Gasteiger partial charge in [0.1, 0.15) is 11.5 Å². The quantitative estimate of drug-likeness (QED) is 0.415. The Labute approximate surface area is 211 Å². The van der Waals surface area contributed by atoms with E-state index in [2.05, 4.69) is 9.55 Å². The molecule has 1 amide bonds. The van der Waals surface area contributed by atoms with E-state index < -0.39 is 16.1 Å². The highest BCUT2D eigenvalue weighted by Gasteiger charge is 2.23. The molecule has 2 aromatic carbocycles. The summed E-state index contributed by atoms with van der Waals surface area (Å²) in [6.45, 7) is 8.53. The summed E-state index contributed by atoms with van der Waals surface area (Å²) in [5.41, 5.74) is 3.78.